The first-order valence-electron chi connectivity index (χ1n) is 8.99. The van der Waals surface area contributed by atoms with E-state index in [1.54, 1.807) is 12.1 Å². The highest BCUT2D eigenvalue weighted by molar-refractivity contribution is 6.10. The largest absolute Gasteiger partial charge is 0.493 e. The van der Waals surface area contributed by atoms with Crippen molar-refractivity contribution in [1.82, 2.24) is 0 Å². The first kappa shape index (κ1) is 17.4. The summed E-state index contributed by atoms with van der Waals surface area (Å²) in [7, 11) is 1.50. The molecule has 2 aliphatic heterocycles. The molecule has 0 radical (unpaired) electrons. The molecule has 0 spiro atoms. The molecule has 0 aromatic heterocycles. The Kier molecular flexibility index (Phi) is 3.84. The number of ether oxygens (including phenoxy) is 5. The summed E-state index contributed by atoms with van der Waals surface area (Å²) in [5, 5.41) is 1.67. The number of carbonyl (C=O) groups is 2. The molecule has 0 unspecified atom stereocenters. The molecular formula is C22H16O7. The van der Waals surface area contributed by atoms with Crippen LogP contribution in [0.25, 0.3) is 21.9 Å². The zero-order valence-corrected chi connectivity index (χ0v) is 15.7. The highest BCUT2D eigenvalue weighted by Crippen LogP contribution is 2.48. The number of esters is 2. The van der Waals surface area contributed by atoms with Crippen molar-refractivity contribution in [3.63, 3.8) is 0 Å². The molecule has 3 aromatic rings. The third kappa shape index (κ3) is 2.66. The second-order valence-corrected chi connectivity index (χ2v) is 6.71. The lowest BCUT2D eigenvalue weighted by atomic mass is 9.90. The van der Waals surface area contributed by atoms with Crippen LogP contribution in [0.4, 0.5) is 0 Å². The minimum Gasteiger partial charge on any atom is -0.493 e. The van der Waals surface area contributed by atoms with Crippen LogP contribution in [0.15, 0.2) is 36.4 Å². The van der Waals surface area contributed by atoms with E-state index < -0.39 is 5.97 Å². The fourth-order valence-electron chi connectivity index (χ4n) is 3.82. The van der Waals surface area contributed by atoms with Gasteiger partial charge in [0.05, 0.1) is 12.7 Å². The number of methoxy groups -OCH3 is 1. The summed E-state index contributed by atoms with van der Waals surface area (Å²) in [6.45, 7) is 1.63. The van der Waals surface area contributed by atoms with Crippen LogP contribution < -0.4 is 18.9 Å². The lowest BCUT2D eigenvalue weighted by Crippen LogP contribution is -2.03. The molecule has 0 N–H and O–H groups in total. The van der Waals surface area contributed by atoms with Gasteiger partial charge in [0.1, 0.15) is 6.61 Å². The predicted octanol–water partition coefficient (Wildman–Crippen LogP) is 3.84. The zero-order valence-electron chi connectivity index (χ0n) is 15.7. The summed E-state index contributed by atoms with van der Waals surface area (Å²) in [5.74, 6) is 1.19. The third-order valence-corrected chi connectivity index (χ3v) is 5.02. The van der Waals surface area contributed by atoms with Gasteiger partial charge in [-0.2, -0.15) is 0 Å². The zero-order chi connectivity index (χ0) is 20.1. The van der Waals surface area contributed by atoms with E-state index in [0.717, 1.165) is 27.5 Å². The summed E-state index contributed by atoms with van der Waals surface area (Å²) in [4.78, 5) is 23.6. The molecular weight excluding hydrogens is 376 g/mol. The fourth-order valence-corrected chi connectivity index (χ4v) is 3.82. The number of carbonyl (C=O) groups excluding carboxylic acids is 2. The first-order chi connectivity index (χ1) is 14.1. The maximum atomic E-state index is 12.3. The third-order valence-electron chi connectivity index (χ3n) is 5.02. The van der Waals surface area contributed by atoms with E-state index in [-0.39, 0.29) is 19.4 Å². The van der Waals surface area contributed by atoms with Gasteiger partial charge in [0.25, 0.3) is 0 Å². The minimum atomic E-state index is -0.440. The predicted molar refractivity (Wildman–Crippen MR) is 102 cm³/mol. The van der Waals surface area contributed by atoms with Crippen molar-refractivity contribution >= 4 is 22.7 Å². The summed E-state index contributed by atoms with van der Waals surface area (Å²) in [6, 6.07) is 10.8. The SMILES string of the molecule is COc1cc(-c2c3c(cc4ccc5c(c24)OCO5)C(=O)OC3)ccc1OC(C)=O. The Hall–Kier alpha value is -3.74. The smallest absolute Gasteiger partial charge is 0.338 e. The van der Waals surface area contributed by atoms with Crippen LogP contribution in [0.1, 0.15) is 22.8 Å². The van der Waals surface area contributed by atoms with Crippen LogP contribution >= 0.6 is 0 Å². The number of hydrogen-bond donors (Lipinski definition) is 0. The lowest BCUT2D eigenvalue weighted by Gasteiger charge is -2.15. The first-order valence-corrected chi connectivity index (χ1v) is 8.99. The Morgan fingerprint density at radius 3 is 2.69 bits per heavy atom. The summed E-state index contributed by atoms with van der Waals surface area (Å²) >= 11 is 0. The van der Waals surface area contributed by atoms with Crippen LogP contribution in [0, 0.1) is 0 Å². The van der Waals surface area contributed by atoms with E-state index >= 15 is 0 Å². The molecule has 0 aliphatic carbocycles. The van der Waals surface area contributed by atoms with Gasteiger partial charge in [0, 0.05) is 23.4 Å². The molecule has 2 heterocycles. The van der Waals surface area contributed by atoms with E-state index in [0.29, 0.717) is 28.6 Å². The van der Waals surface area contributed by atoms with E-state index in [1.807, 2.05) is 24.3 Å². The molecule has 2 aliphatic rings. The molecule has 0 fully saturated rings. The highest BCUT2D eigenvalue weighted by atomic mass is 16.7. The molecule has 7 nitrogen and oxygen atoms in total. The Labute approximate surface area is 165 Å². The molecule has 0 saturated carbocycles. The minimum absolute atomic E-state index is 0.134. The van der Waals surface area contributed by atoms with Crippen molar-refractivity contribution in [2.45, 2.75) is 13.5 Å². The van der Waals surface area contributed by atoms with Crippen molar-refractivity contribution in [2.24, 2.45) is 0 Å². The second-order valence-electron chi connectivity index (χ2n) is 6.71. The molecule has 3 aromatic carbocycles. The monoisotopic (exact) mass is 392 g/mol. The molecule has 0 saturated heterocycles. The van der Waals surface area contributed by atoms with Crippen molar-refractivity contribution < 1.29 is 33.3 Å². The van der Waals surface area contributed by atoms with Gasteiger partial charge in [0.15, 0.2) is 23.0 Å². The summed E-state index contributed by atoms with van der Waals surface area (Å²) in [6.07, 6.45) is 0. The molecule has 0 amide bonds. The van der Waals surface area contributed by atoms with Crippen LogP contribution in [0.5, 0.6) is 23.0 Å². The van der Waals surface area contributed by atoms with E-state index in [2.05, 4.69) is 0 Å². The Morgan fingerprint density at radius 1 is 1.03 bits per heavy atom. The highest BCUT2D eigenvalue weighted by Gasteiger charge is 2.30. The Bertz CT molecular complexity index is 1200. The Balaban J connectivity index is 1.82. The molecule has 0 bridgehead atoms. The molecule has 146 valence electrons. The molecule has 0 atom stereocenters. The van der Waals surface area contributed by atoms with Crippen LogP contribution in [-0.4, -0.2) is 25.8 Å². The van der Waals surface area contributed by atoms with E-state index in [1.165, 1.54) is 14.0 Å². The Morgan fingerprint density at radius 2 is 1.90 bits per heavy atom. The molecule has 7 heteroatoms. The van der Waals surface area contributed by atoms with Crippen molar-refractivity contribution in [3.05, 3.63) is 47.5 Å². The van der Waals surface area contributed by atoms with Gasteiger partial charge in [0.2, 0.25) is 6.79 Å². The standard InChI is InChI=1S/C22H16O7/c1-11(23)29-16-5-3-13(8-18(16)25-2)19-15-9-26-22(24)14(15)7-12-4-6-17-21(20(12)19)28-10-27-17/h3-8H,9-10H2,1-2H3. The quantitative estimate of drug-likeness (QED) is 0.495. The average Bonchev–Trinajstić information content (AvgIpc) is 3.33. The van der Waals surface area contributed by atoms with E-state index in [9.17, 15) is 9.59 Å². The number of cyclic esters (lactones) is 1. The number of rotatable bonds is 3. The van der Waals surface area contributed by atoms with Gasteiger partial charge in [-0.15, -0.1) is 0 Å². The number of benzene rings is 3. The van der Waals surface area contributed by atoms with Crippen LogP contribution in [0.3, 0.4) is 0 Å². The molecule has 29 heavy (non-hydrogen) atoms. The van der Waals surface area contributed by atoms with Gasteiger partial charge in [-0.05, 0) is 35.2 Å². The van der Waals surface area contributed by atoms with Gasteiger partial charge in [-0.25, -0.2) is 4.79 Å². The van der Waals surface area contributed by atoms with Gasteiger partial charge in [-0.3, -0.25) is 4.79 Å². The van der Waals surface area contributed by atoms with Gasteiger partial charge in [-0.1, -0.05) is 12.1 Å². The number of hydrogen-bond acceptors (Lipinski definition) is 7. The topological polar surface area (TPSA) is 80.3 Å². The van der Waals surface area contributed by atoms with Crippen molar-refractivity contribution in [1.29, 1.82) is 0 Å². The number of fused-ring (bicyclic) bond motifs is 4. The lowest BCUT2D eigenvalue weighted by molar-refractivity contribution is -0.132. The van der Waals surface area contributed by atoms with Crippen LogP contribution in [-0.2, 0) is 16.1 Å². The summed E-state index contributed by atoms with van der Waals surface area (Å²) in [5.41, 5.74) is 2.88. The fraction of sp³-hybridized carbons (Fsp3) is 0.182. The molecule has 5 rings (SSSR count). The van der Waals surface area contributed by atoms with Crippen molar-refractivity contribution in [2.75, 3.05) is 13.9 Å². The van der Waals surface area contributed by atoms with Crippen LogP contribution in [0.2, 0.25) is 0 Å². The second kappa shape index (κ2) is 6.41. The maximum absolute atomic E-state index is 12.3. The summed E-state index contributed by atoms with van der Waals surface area (Å²) < 4.78 is 27.2. The normalized spacial score (nSPS) is 13.9. The van der Waals surface area contributed by atoms with Gasteiger partial charge >= 0.3 is 11.9 Å². The van der Waals surface area contributed by atoms with Gasteiger partial charge < -0.3 is 23.7 Å². The van der Waals surface area contributed by atoms with Crippen molar-refractivity contribution in [3.8, 4) is 34.1 Å². The average molecular weight is 392 g/mol. The maximum Gasteiger partial charge on any atom is 0.338 e. The van der Waals surface area contributed by atoms with E-state index in [4.69, 9.17) is 23.7 Å².